The molecule has 0 atom stereocenters. The van der Waals surface area contributed by atoms with Gasteiger partial charge in [0.15, 0.2) is 5.78 Å². The van der Waals surface area contributed by atoms with Crippen LogP contribution in [0, 0.1) is 0 Å². The average Bonchev–Trinajstić information content (AvgIpc) is 2.73. The number of hydrogen-bond donors (Lipinski definition) is 1. The van der Waals surface area contributed by atoms with Gasteiger partial charge in [0.25, 0.3) is 0 Å². The fraction of sp³-hybridized carbons (Fsp3) is 0.250. The number of Topliss-reactive ketones (excluding diaryl/α,β-unsaturated/α-hetero) is 1. The van der Waals surface area contributed by atoms with Gasteiger partial charge >= 0.3 is 0 Å². The van der Waals surface area contributed by atoms with E-state index in [1.807, 2.05) is 13.2 Å². The normalized spacial score (nSPS) is 10.4. The monoisotopic (exact) mass is 230 g/mol. The second kappa shape index (κ2) is 4.78. The van der Waals surface area contributed by atoms with Crippen LogP contribution < -0.4 is 5.73 Å². The third-order valence-electron chi connectivity index (χ3n) is 2.50. The fourth-order valence-electron chi connectivity index (χ4n) is 1.63. The lowest BCUT2D eigenvalue weighted by molar-refractivity contribution is 0.0979. The summed E-state index contributed by atoms with van der Waals surface area (Å²) in [7, 11) is 1.85. The molecule has 0 saturated heterocycles. The zero-order valence-electron chi connectivity index (χ0n) is 9.63. The maximum absolute atomic E-state index is 11.9. The number of hydrogen-bond acceptors (Lipinski definition) is 4. The first-order chi connectivity index (χ1) is 8.16. The molecular weight excluding hydrogens is 216 g/mol. The minimum Gasteiger partial charge on any atom is -0.397 e. The minimum atomic E-state index is -0.0352. The zero-order chi connectivity index (χ0) is 12.3. The van der Waals surface area contributed by atoms with E-state index in [2.05, 4.69) is 10.1 Å². The van der Waals surface area contributed by atoms with Gasteiger partial charge in [0.2, 0.25) is 0 Å². The van der Waals surface area contributed by atoms with Crippen LogP contribution in [0.5, 0.6) is 0 Å². The number of nitrogens with zero attached hydrogens (tertiary/aromatic N) is 3. The molecule has 2 rings (SSSR count). The second-order valence-electron chi connectivity index (χ2n) is 3.89. The molecule has 5 heteroatoms. The van der Waals surface area contributed by atoms with Gasteiger partial charge in [0.05, 0.1) is 11.9 Å². The number of aryl methyl sites for hydroxylation is 2. The minimum absolute atomic E-state index is 0.0352. The summed E-state index contributed by atoms with van der Waals surface area (Å²) in [6.07, 6.45) is 6.29. The van der Waals surface area contributed by atoms with E-state index in [-0.39, 0.29) is 5.78 Å². The van der Waals surface area contributed by atoms with E-state index in [0.717, 1.165) is 5.56 Å². The van der Waals surface area contributed by atoms with Gasteiger partial charge in [0.1, 0.15) is 5.69 Å². The van der Waals surface area contributed by atoms with Crippen molar-refractivity contribution in [2.45, 2.75) is 12.8 Å². The summed E-state index contributed by atoms with van der Waals surface area (Å²) < 4.78 is 1.72. The van der Waals surface area contributed by atoms with E-state index in [1.54, 1.807) is 29.2 Å². The molecule has 0 fully saturated rings. The van der Waals surface area contributed by atoms with Gasteiger partial charge in [-0.05, 0) is 24.1 Å². The van der Waals surface area contributed by atoms with Crippen molar-refractivity contribution in [1.82, 2.24) is 14.8 Å². The Morgan fingerprint density at radius 1 is 1.53 bits per heavy atom. The van der Waals surface area contributed by atoms with Crippen LogP contribution in [0.2, 0.25) is 0 Å². The Morgan fingerprint density at radius 2 is 2.35 bits per heavy atom. The molecule has 5 nitrogen and oxygen atoms in total. The van der Waals surface area contributed by atoms with Crippen LogP contribution in [0.1, 0.15) is 22.5 Å². The van der Waals surface area contributed by atoms with Crippen molar-refractivity contribution in [3.63, 3.8) is 0 Å². The third-order valence-corrected chi connectivity index (χ3v) is 2.50. The van der Waals surface area contributed by atoms with Gasteiger partial charge in [-0.15, -0.1) is 0 Å². The van der Waals surface area contributed by atoms with Crippen molar-refractivity contribution in [3.8, 4) is 0 Å². The number of nitrogens with two attached hydrogens (primary N) is 1. The van der Waals surface area contributed by atoms with Crippen molar-refractivity contribution in [2.24, 2.45) is 7.05 Å². The number of pyridine rings is 1. The molecule has 2 heterocycles. The first kappa shape index (κ1) is 11.3. The standard InChI is InChI=1S/C12H14N4O/c1-16-8-9(7-15-16)4-5-11(17)12-10(13)3-2-6-14-12/h2-3,6-8H,4-5,13H2,1H3. The van der Waals surface area contributed by atoms with E-state index >= 15 is 0 Å². The molecule has 0 bridgehead atoms. The highest BCUT2D eigenvalue weighted by Gasteiger charge is 2.11. The predicted octanol–water partition coefficient (Wildman–Crippen LogP) is 1.21. The van der Waals surface area contributed by atoms with Crippen molar-refractivity contribution >= 4 is 11.5 Å². The number of nitrogen functional groups attached to an aromatic ring is 1. The molecule has 0 aliphatic rings. The number of rotatable bonds is 4. The molecule has 17 heavy (non-hydrogen) atoms. The van der Waals surface area contributed by atoms with Crippen molar-refractivity contribution < 1.29 is 4.79 Å². The number of aromatic nitrogens is 3. The van der Waals surface area contributed by atoms with Gasteiger partial charge in [-0.1, -0.05) is 0 Å². The van der Waals surface area contributed by atoms with E-state index in [9.17, 15) is 4.79 Å². The van der Waals surface area contributed by atoms with E-state index in [4.69, 9.17) is 5.73 Å². The Bertz CT molecular complexity index is 533. The Hall–Kier alpha value is -2.17. The van der Waals surface area contributed by atoms with Crippen LogP contribution in [0.3, 0.4) is 0 Å². The highest BCUT2D eigenvalue weighted by molar-refractivity contribution is 5.98. The van der Waals surface area contributed by atoms with Gasteiger partial charge in [-0.25, -0.2) is 0 Å². The fourth-order valence-corrected chi connectivity index (χ4v) is 1.63. The van der Waals surface area contributed by atoms with Crippen LogP contribution in [-0.2, 0) is 13.5 Å². The topological polar surface area (TPSA) is 73.8 Å². The summed E-state index contributed by atoms with van der Waals surface area (Å²) in [4.78, 5) is 15.9. The molecule has 2 aromatic heterocycles. The van der Waals surface area contributed by atoms with Gasteiger partial charge in [0, 0.05) is 25.9 Å². The molecule has 0 spiro atoms. The van der Waals surface area contributed by atoms with Gasteiger partial charge < -0.3 is 5.73 Å². The van der Waals surface area contributed by atoms with E-state index in [1.165, 1.54) is 0 Å². The molecule has 0 aliphatic carbocycles. The molecule has 88 valence electrons. The summed E-state index contributed by atoms with van der Waals surface area (Å²) in [5, 5.41) is 4.05. The molecular formula is C12H14N4O. The number of carbonyl (C=O) groups excluding carboxylic acids is 1. The van der Waals surface area contributed by atoms with E-state index < -0.39 is 0 Å². The lowest BCUT2D eigenvalue weighted by atomic mass is 10.1. The Labute approximate surface area is 99.3 Å². The number of ketones is 1. The summed E-state index contributed by atoms with van der Waals surface area (Å²) in [6, 6.07) is 3.40. The molecule has 0 radical (unpaired) electrons. The summed E-state index contributed by atoms with van der Waals surface area (Å²) >= 11 is 0. The SMILES string of the molecule is Cn1cc(CCC(=O)c2ncccc2N)cn1. The van der Waals surface area contributed by atoms with Crippen LogP contribution in [0.15, 0.2) is 30.7 Å². The Kier molecular flexibility index (Phi) is 3.18. The van der Waals surface area contributed by atoms with Crippen LogP contribution in [0.4, 0.5) is 5.69 Å². The maximum Gasteiger partial charge on any atom is 0.183 e. The van der Waals surface area contributed by atoms with Crippen molar-refractivity contribution in [1.29, 1.82) is 0 Å². The Balaban J connectivity index is 2.01. The molecule has 0 aromatic carbocycles. The van der Waals surface area contributed by atoms with Crippen LogP contribution in [0.25, 0.3) is 0 Å². The lowest BCUT2D eigenvalue weighted by Gasteiger charge is -2.02. The summed E-state index contributed by atoms with van der Waals surface area (Å²) in [6.45, 7) is 0. The van der Waals surface area contributed by atoms with Gasteiger partial charge in [-0.3, -0.25) is 14.5 Å². The van der Waals surface area contributed by atoms with E-state index in [0.29, 0.717) is 24.2 Å². The molecule has 0 amide bonds. The molecule has 2 aromatic rings. The molecule has 2 N–H and O–H groups in total. The zero-order valence-corrected chi connectivity index (χ0v) is 9.63. The van der Waals surface area contributed by atoms with Crippen LogP contribution >= 0.6 is 0 Å². The number of carbonyl (C=O) groups is 1. The first-order valence-corrected chi connectivity index (χ1v) is 5.38. The van der Waals surface area contributed by atoms with Gasteiger partial charge in [-0.2, -0.15) is 5.10 Å². The summed E-state index contributed by atoms with van der Waals surface area (Å²) in [5.74, 6) is -0.0352. The maximum atomic E-state index is 11.9. The smallest absolute Gasteiger partial charge is 0.183 e. The van der Waals surface area contributed by atoms with Crippen molar-refractivity contribution in [3.05, 3.63) is 42.0 Å². The largest absolute Gasteiger partial charge is 0.397 e. The summed E-state index contributed by atoms with van der Waals surface area (Å²) in [5.41, 5.74) is 7.52. The molecule has 0 aliphatic heterocycles. The quantitative estimate of drug-likeness (QED) is 0.801. The highest BCUT2D eigenvalue weighted by Crippen LogP contribution is 2.11. The highest BCUT2D eigenvalue weighted by atomic mass is 16.1. The predicted molar refractivity (Wildman–Crippen MR) is 64.5 cm³/mol. The van der Waals surface area contributed by atoms with Crippen LogP contribution in [-0.4, -0.2) is 20.5 Å². The average molecular weight is 230 g/mol. The molecule has 0 unspecified atom stereocenters. The first-order valence-electron chi connectivity index (χ1n) is 5.38. The molecule has 0 saturated carbocycles. The third kappa shape index (κ3) is 2.69. The second-order valence-corrected chi connectivity index (χ2v) is 3.89. The lowest BCUT2D eigenvalue weighted by Crippen LogP contribution is -2.07. The Morgan fingerprint density at radius 3 is 3.00 bits per heavy atom. The van der Waals surface area contributed by atoms with Crippen molar-refractivity contribution in [2.75, 3.05) is 5.73 Å². The number of anilines is 1.